The van der Waals surface area contributed by atoms with Crippen LogP contribution >= 0.6 is 0 Å². The molecule has 0 spiro atoms. The van der Waals surface area contributed by atoms with Crippen LogP contribution < -0.4 is 5.32 Å². The summed E-state index contributed by atoms with van der Waals surface area (Å²) in [5, 5.41) is 3.00. The summed E-state index contributed by atoms with van der Waals surface area (Å²) in [6.07, 6.45) is -0.0140. The van der Waals surface area contributed by atoms with Gasteiger partial charge in [0.2, 0.25) is 11.4 Å². The minimum atomic E-state index is -4.35. The average Bonchev–Trinajstić information content (AvgIpc) is 3.41. The lowest BCUT2D eigenvalue weighted by atomic mass is 9.99. The fourth-order valence-electron chi connectivity index (χ4n) is 5.00. The highest BCUT2D eigenvalue weighted by atomic mass is 32.2. The molecule has 3 heterocycles. The predicted octanol–water partition coefficient (Wildman–Crippen LogP) is 4.50. The lowest BCUT2D eigenvalue weighted by Gasteiger charge is -2.27. The molecular weight excluding hydrogens is 477 g/mol. The molecule has 1 aromatic heterocycles. The van der Waals surface area contributed by atoms with E-state index in [0.29, 0.717) is 31.1 Å². The summed E-state index contributed by atoms with van der Waals surface area (Å²) >= 11 is -0.737. The molecule has 4 rings (SSSR count). The Morgan fingerprint density at radius 3 is 2.60 bits per heavy atom. The summed E-state index contributed by atoms with van der Waals surface area (Å²) in [5.74, 6) is 0.395. The first-order valence-electron chi connectivity index (χ1n) is 11.8. The van der Waals surface area contributed by atoms with E-state index in [4.69, 9.17) is 0 Å². The number of hydrogen-bond donors (Lipinski definition) is 2. The zero-order valence-electron chi connectivity index (χ0n) is 20.2. The van der Waals surface area contributed by atoms with Crippen LogP contribution in [0, 0.1) is 11.8 Å². The van der Waals surface area contributed by atoms with Gasteiger partial charge < -0.3 is 5.32 Å². The zero-order chi connectivity index (χ0) is 25.3. The van der Waals surface area contributed by atoms with E-state index in [1.807, 2.05) is 10.4 Å². The van der Waals surface area contributed by atoms with Crippen LogP contribution in [0.4, 0.5) is 13.2 Å². The number of halogens is 3. The third kappa shape index (κ3) is 5.99. The second-order valence-electron chi connectivity index (χ2n) is 9.76. The van der Waals surface area contributed by atoms with Crippen molar-refractivity contribution in [3.8, 4) is 0 Å². The summed E-state index contributed by atoms with van der Waals surface area (Å²) in [6, 6.07) is 7.20. The topological polar surface area (TPSA) is 68.7 Å². The summed E-state index contributed by atoms with van der Waals surface area (Å²) in [4.78, 5) is 19.6. The summed E-state index contributed by atoms with van der Waals surface area (Å²) < 4.78 is 50.5. The van der Waals surface area contributed by atoms with Gasteiger partial charge in [0.25, 0.3) is 5.91 Å². The van der Waals surface area contributed by atoms with Crippen molar-refractivity contribution in [2.75, 3.05) is 25.9 Å². The van der Waals surface area contributed by atoms with Crippen LogP contribution in [0.15, 0.2) is 36.5 Å². The first kappa shape index (κ1) is 25.9. The molecule has 190 valence electrons. The van der Waals surface area contributed by atoms with Crippen molar-refractivity contribution >= 4 is 17.3 Å². The van der Waals surface area contributed by atoms with Gasteiger partial charge in [0.1, 0.15) is 0 Å². The number of hydrogen-bond acceptors (Lipinski definition) is 5. The normalized spacial score (nSPS) is 21.9. The number of pyridine rings is 1. The Morgan fingerprint density at radius 1 is 1.29 bits per heavy atom. The molecular formula is C25H32F3N4O2S+. The summed E-state index contributed by atoms with van der Waals surface area (Å²) in [5.41, 5.74) is 2.56. The van der Waals surface area contributed by atoms with Crippen LogP contribution in [0.1, 0.15) is 59.1 Å². The van der Waals surface area contributed by atoms with Gasteiger partial charge in [0, 0.05) is 32.4 Å². The van der Waals surface area contributed by atoms with Gasteiger partial charge >= 0.3 is 6.18 Å². The monoisotopic (exact) mass is 509 g/mol. The van der Waals surface area contributed by atoms with Crippen molar-refractivity contribution in [2.24, 2.45) is 11.8 Å². The zero-order valence-corrected chi connectivity index (χ0v) is 21.0. The maximum atomic E-state index is 12.9. The third-order valence-corrected chi connectivity index (χ3v) is 7.86. The Labute approximate surface area is 207 Å². The standard InChI is InChI=1S/C25H31F3N4O2S/c1-16(2)23-22-20(15-31(23)13-17-4-6-21(7-5-17)25(26,27)28)10-19(12-29-22)24(33)30-11-18-8-9-32(14-18)35(3)34/h4-7,10,12,16,18,23,34H,8-9,11,13-15H2,1-3H3/p+1/t18?,23-,35?/m0/s1. The van der Waals surface area contributed by atoms with E-state index >= 15 is 0 Å². The van der Waals surface area contributed by atoms with E-state index in [9.17, 15) is 22.5 Å². The van der Waals surface area contributed by atoms with Crippen molar-refractivity contribution in [3.05, 3.63) is 64.5 Å². The minimum Gasteiger partial charge on any atom is -0.352 e. The molecule has 1 amide bonds. The maximum Gasteiger partial charge on any atom is 0.416 e. The second-order valence-corrected chi connectivity index (χ2v) is 11.2. The molecule has 0 radical (unpaired) electrons. The van der Waals surface area contributed by atoms with Gasteiger partial charge in [0.15, 0.2) is 6.26 Å². The predicted molar refractivity (Wildman–Crippen MR) is 130 cm³/mol. The van der Waals surface area contributed by atoms with Gasteiger partial charge in [-0.25, -0.2) is 0 Å². The molecule has 2 N–H and O–H groups in total. The number of amides is 1. The Balaban J connectivity index is 1.42. The molecule has 0 aliphatic carbocycles. The van der Waals surface area contributed by atoms with E-state index in [2.05, 4.69) is 29.0 Å². The molecule has 0 bridgehead atoms. The van der Waals surface area contributed by atoms with Crippen LogP contribution in [0.2, 0.25) is 0 Å². The Bertz CT molecular complexity index is 1050. The molecule has 10 heteroatoms. The quantitative estimate of drug-likeness (QED) is 0.538. The van der Waals surface area contributed by atoms with Crippen LogP contribution in [-0.4, -0.2) is 50.5 Å². The largest absolute Gasteiger partial charge is 0.416 e. The third-order valence-electron chi connectivity index (χ3n) is 6.78. The van der Waals surface area contributed by atoms with Gasteiger partial charge in [-0.2, -0.15) is 17.7 Å². The number of carbonyl (C=O) groups excluding carboxylic acids is 1. The molecule has 2 aromatic rings. The SMILES string of the molecule is CC(C)[C@H]1c2ncc(C(=O)NCC3CCN([S+](C)O)C3)cc2CN1Cc1ccc(C(F)(F)F)cc1. The number of aromatic nitrogens is 1. The van der Waals surface area contributed by atoms with Crippen molar-refractivity contribution in [1.29, 1.82) is 0 Å². The van der Waals surface area contributed by atoms with Crippen LogP contribution in [0.25, 0.3) is 0 Å². The fourth-order valence-corrected chi connectivity index (χ4v) is 5.79. The van der Waals surface area contributed by atoms with Crippen molar-refractivity contribution < 1.29 is 22.5 Å². The number of carbonyl (C=O) groups is 1. The molecule has 2 aliphatic heterocycles. The molecule has 1 saturated heterocycles. The van der Waals surface area contributed by atoms with Crippen molar-refractivity contribution in [3.63, 3.8) is 0 Å². The number of rotatable bonds is 7. The molecule has 6 nitrogen and oxygen atoms in total. The van der Waals surface area contributed by atoms with Crippen LogP contribution in [-0.2, 0) is 30.6 Å². The number of fused-ring (bicyclic) bond motifs is 1. The van der Waals surface area contributed by atoms with Gasteiger partial charge in [-0.3, -0.25) is 14.7 Å². The van der Waals surface area contributed by atoms with E-state index in [0.717, 1.165) is 48.5 Å². The van der Waals surface area contributed by atoms with Crippen molar-refractivity contribution in [1.82, 2.24) is 19.5 Å². The van der Waals surface area contributed by atoms with E-state index in [-0.39, 0.29) is 17.9 Å². The molecule has 0 saturated carbocycles. The lowest BCUT2D eigenvalue weighted by molar-refractivity contribution is -0.137. The highest BCUT2D eigenvalue weighted by molar-refractivity contribution is 7.88. The number of benzene rings is 1. The van der Waals surface area contributed by atoms with Gasteiger partial charge in [-0.05, 0) is 47.6 Å². The Hall–Kier alpha value is -2.14. The number of alkyl halides is 3. The van der Waals surface area contributed by atoms with Gasteiger partial charge in [-0.1, -0.05) is 30.3 Å². The van der Waals surface area contributed by atoms with Gasteiger partial charge in [0.05, 0.1) is 29.4 Å². The molecule has 2 aliphatic rings. The summed E-state index contributed by atoms with van der Waals surface area (Å²) in [6.45, 7) is 7.44. The second kappa shape index (κ2) is 10.5. The highest BCUT2D eigenvalue weighted by Crippen LogP contribution is 2.39. The molecule has 1 fully saturated rings. The highest BCUT2D eigenvalue weighted by Gasteiger charge is 2.35. The Morgan fingerprint density at radius 2 is 2.00 bits per heavy atom. The first-order chi connectivity index (χ1) is 16.5. The number of nitrogens with zero attached hydrogens (tertiary/aromatic N) is 3. The van der Waals surface area contributed by atoms with E-state index in [1.165, 1.54) is 12.1 Å². The molecule has 3 atom stereocenters. The van der Waals surface area contributed by atoms with E-state index < -0.39 is 23.1 Å². The average molecular weight is 510 g/mol. The smallest absolute Gasteiger partial charge is 0.352 e. The van der Waals surface area contributed by atoms with E-state index in [1.54, 1.807) is 12.5 Å². The number of nitrogens with one attached hydrogen (secondary N) is 1. The van der Waals surface area contributed by atoms with Crippen LogP contribution in [0.3, 0.4) is 0 Å². The first-order valence-corrected chi connectivity index (χ1v) is 13.3. The van der Waals surface area contributed by atoms with Crippen molar-refractivity contribution in [2.45, 2.75) is 45.6 Å². The molecule has 1 aromatic carbocycles. The minimum absolute atomic E-state index is 0.0233. The molecule has 2 unspecified atom stereocenters. The fraction of sp³-hybridized carbons (Fsp3) is 0.520. The lowest BCUT2D eigenvalue weighted by Crippen LogP contribution is -2.32. The summed E-state index contributed by atoms with van der Waals surface area (Å²) in [7, 11) is 0. The van der Waals surface area contributed by atoms with Crippen LogP contribution in [0.5, 0.6) is 0 Å². The maximum absolute atomic E-state index is 12.9. The molecule has 35 heavy (non-hydrogen) atoms. The Kier molecular flexibility index (Phi) is 7.75. The van der Waals surface area contributed by atoms with Gasteiger partial charge in [-0.15, -0.1) is 0 Å².